The average molecular weight is 324 g/mol. The molecule has 1 aromatic carbocycles. The predicted molar refractivity (Wildman–Crippen MR) is 97.4 cm³/mol. The van der Waals surface area contributed by atoms with Crippen LogP contribution in [0.1, 0.15) is 10.7 Å². The zero-order valence-electron chi connectivity index (χ0n) is 13.5. The van der Waals surface area contributed by atoms with Crippen LogP contribution in [-0.2, 0) is 0 Å². The normalized spacial score (nSPS) is 15.3. The van der Waals surface area contributed by atoms with Crippen molar-refractivity contribution in [3.63, 3.8) is 0 Å². The number of piperazine rings is 1. The van der Waals surface area contributed by atoms with E-state index in [1.54, 1.807) is 11.3 Å². The summed E-state index contributed by atoms with van der Waals surface area (Å²) in [5.74, 6) is 1.95. The second-order valence-corrected chi connectivity index (χ2v) is 7.11. The molecule has 0 amide bonds. The third-order valence-electron chi connectivity index (χ3n) is 4.30. The molecule has 4 nitrogen and oxygen atoms in total. The Hall–Kier alpha value is -1.98. The molecule has 3 heterocycles. The van der Waals surface area contributed by atoms with E-state index in [-0.39, 0.29) is 0 Å². The summed E-state index contributed by atoms with van der Waals surface area (Å²) in [6.45, 7) is 8.18. The van der Waals surface area contributed by atoms with E-state index < -0.39 is 0 Å². The van der Waals surface area contributed by atoms with Crippen LogP contribution in [0.25, 0.3) is 21.3 Å². The topological polar surface area (TPSA) is 41.1 Å². The fourth-order valence-corrected chi connectivity index (χ4v) is 4.34. The minimum Gasteiger partial charge on any atom is -0.353 e. The molecule has 0 radical (unpaired) electrons. The van der Waals surface area contributed by atoms with Gasteiger partial charge in [0.05, 0.1) is 5.39 Å². The third-order valence-corrected chi connectivity index (χ3v) is 5.30. The molecule has 0 unspecified atom stereocenters. The van der Waals surface area contributed by atoms with Crippen molar-refractivity contribution in [3.05, 3.63) is 41.0 Å². The van der Waals surface area contributed by atoms with Crippen molar-refractivity contribution >= 4 is 27.4 Å². The van der Waals surface area contributed by atoms with Crippen LogP contribution in [0.3, 0.4) is 0 Å². The van der Waals surface area contributed by atoms with E-state index in [0.717, 1.165) is 42.7 Å². The van der Waals surface area contributed by atoms with Gasteiger partial charge in [0.2, 0.25) is 0 Å². The molecule has 0 atom stereocenters. The molecular formula is C18H20N4S. The monoisotopic (exact) mass is 324 g/mol. The maximum Gasteiger partial charge on any atom is 0.141 e. The number of anilines is 1. The molecular weight excluding hydrogens is 304 g/mol. The van der Waals surface area contributed by atoms with E-state index in [1.165, 1.54) is 21.4 Å². The van der Waals surface area contributed by atoms with Gasteiger partial charge < -0.3 is 10.2 Å². The number of rotatable bonds is 2. The summed E-state index contributed by atoms with van der Waals surface area (Å²) in [6, 6.07) is 10.6. The zero-order chi connectivity index (χ0) is 15.8. The molecule has 1 aliphatic heterocycles. The second kappa shape index (κ2) is 5.91. The lowest BCUT2D eigenvalue weighted by Gasteiger charge is -2.29. The van der Waals surface area contributed by atoms with Gasteiger partial charge in [0.1, 0.15) is 16.5 Å². The molecule has 1 fully saturated rings. The van der Waals surface area contributed by atoms with Crippen LogP contribution in [0, 0.1) is 13.8 Å². The fraction of sp³-hybridized carbons (Fsp3) is 0.333. The zero-order valence-corrected chi connectivity index (χ0v) is 14.3. The van der Waals surface area contributed by atoms with Crippen molar-refractivity contribution < 1.29 is 0 Å². The standard InChI is InChI=1S/C18H20N4S/c1-12-15(14-6-4-3-5-7-14)16-17(22-10-8-19-9-11-22)20-13(2)21-18(16)23-12/h3-7,19H,8-11H2,1-2H3. The van der Waals surface area contributed by atoms with Gasteiger partial charge in [-0.15, -0.1) is 11.3 Å². The largest absolute Gasteiger partial charge is 0.353 e. The van der Waals surface area contributed by atoms with E-state index in [4.69, 9.17) is 9.97 Å². The van der Waals surface area contributed by atoms with Gasteiger partial charge in [0.25, 0.3) is 0 Å². The number of nitrogens with zero attached hydrogens (tertiary/aromatic N) is 3. The van der Waals surface area contributed by atoms with Crippen LogP contribution in [-0.4, -0.2) is 36.1 Å². The summed E-state index contributed by atoms with van der Waals surface area (Å²) in [7, 11) is 0. The summed E-state index contributed by atoms with van der Waals surface area (Å²) in [5.41, 5.74) is 2.54. The van der Waals surface area contributed by atoms with Crippen LogP contribution in [0.5, 0.6) is 0 Å². The Labute approximate surface area is 140 Å². The quantitative estimate of drug-likeness (QED) is 0.784. The third kappa shape index (κ3) is 2.60. The van der Waals surface area contributed by atoms with Crippen molar-refractivity contribution in [2.75, 3.05) is 31.1 Å². The minimum absolute atomic E-state index is 0.854. The Bertz CT molecular complexity index is 835. The summed E-state index contributed by atoms with van der Waals surface area (Å²) < 4.78 is 0. The van der Waals surface area contributed by atoms with Gasteiger partial charge in [-0.25, -0.2) is 9.97 Å². The molecule has 1 saturated heterocycles. The molecule has 23 heavy (non-hydrogen) atoms. The SMILES string of the molecule is Cc1nc(N2CCNCC2)c2c(-c3ccccc3)c(C)sc2n1. The highest BCUT2D eigenvalue weighted by molar-refractivity contribution is 7.19. The van der Waals surface area contributed by atoms with Gasteiger partial charge in [-0.2, -0.15) is 0 Å². The van der Waals surface area contributed by atoms with E-state index in [9.17, 15) is 0 Å². The van der Waals surface area contributed by atoms with Gasteiger partial charge in [-0.1, -0.05) is 30.3 Å². The highest BCUT2D eigenvalue weighted by Crippen LogP contribution is 2.41. The Kier molecular flexibility index (Phi) is 3.75. The van der Waals surface area contributed by atoms with E-state index in [2.05, 4.69) is 47.5 Å². The molecule has 1 aliphatic rings. The Morgan fingerprint density at radius 2 is 1.78 bits per heavy atom. The lowest BCUT2D eigenvalue weighted by Crippen LogP contribution is -2.44. The lowest BCUT2D eigenvalue weighted by molar-refractivity contribution is 0.585. The van der Waals surface area contributed by atoms with Crippen molar-refractivity contribution in [2.45, 2.75) is 13.8 Å². The highest BCUT2D eigenvalue weighted by Gasteiger charge is 2.22. The van der Waals surface area contributed by atoms with Crippen LogP contribution >= 0.6 is 11.3 Å². The number of aryl methyl sites for hydroxylation is 2. The van der Waals surface area contributed by atoms with Crippen LogP contribution in [0.4, 0.5) is 5.82 Å². The number of hydrogen-bond donors (Lipinski definition) is 1. The first kappa shape index (κ1) is 14.6. The molecule has 3 aromatic rings. The predicted octanol–water partition coefficient (Wildman–Crippen LogP) is 3.38. The number of nitrogens with one attached hydrogen (secondary N) is 1. The molecule has 1 N–H and O–H groups in total. The first-order chi connectivity index (χ1) is 11.2. The van der Waals surface area contributed by atoms with Crippen molar-refractivity contribution in [3.8, 4) is 11.1 Å². The summed E-state index contributed by atoms with van der Waals surface area (Å²) in [6.07, 6.45) is 0. The second-order valence-electron chi connectivity index (χ2n) is 5.91. The maximum atomic E-state index is 4.82. The van der Waals surface area contributed by atoms with E-state index >= 15 is 0 Å². The minimum atomic E-state index is 0.854. The number of hydrogen-bond acceptors (Lipinski definition) is 5. The van der Waals surface area contributed by atoms with Gasteiger partial charge in [0, 0.05) is 36.6 Å². The lowest BCUT2D eigenvalue weighted by atomic mass is 10.0. The summed E-state index contributed by atoms with van der Waals surface area (Å²) in [5, 5.41) is 4.63. The molecule has 5 heteroatoms. The van der Waals surface area contributed by atoms with Gasteiger partial charge in [0.15, 0.2) is 0 Å². The van der Waals surface area contributed by atoms with Crippen LogP contribution in [0.15, 0.2) is 30.3 Å². The average Bonchev–Trinajstić information content (AvgIpc) is 2.91. The Morgan fingerprint density at radius 3 is 2.52 bits per heavy atom. The molecule has 0 saturated carbocycles. The van der Waals surface area contributed by atoms with Gasteiger partial charge in [-0.3, -0.25) is 0 Å². The first-order valence-electron chi connectivity index (χ1n) is 8.03. The van der Waals surface area contributed by atoms with Crippen molar-refractivity contribution in [1.82, 2.24) is 15.3 Å². The van der Waals surface area contributed by atoms with Gasteiger partial charge in [-0.05, 0) is 19.4 Å². The van der Waals surface area contributed by atoms with Crippen molar-refractivity contribution in [1.29, 1.82) is 0 Å². The van der Waals surface area contributed by atoms with Gasteiger partial charge >= 0.3 is 0 Å². The van der Waals surface area contributed by atoms with Crippen LogP contribution in [0.2, 0.25) is 0 Å². The molecule has 0 spiro atoms. The molecule has 118 valence electrons. The molecule has 2 aromatic heterocycles. The smallest absolute Gasteiger partial charge is 0.141 e. The summed E-state index contributed by atoms with van der Waals surface area (Å²) >= 11 is 1.77. The maximum absolute atomic E-state index is 4.82. The molecule has 0 aliphatic carbocycles. The number of thiophene rings is 1. The Morgan fingerprint density at radius 1 is 1.04 bits per heavy atom. The molecule has 0 bridgehead atoms. The van der Waals surface area contributed by atoms with E-state index in [0.29, 0.717) is 0 Å². The number of benzene rings is 1. The first-order valence-corrected chi connectivity index (χ1v) is 8.84. The fourth-order valence-electron chi connectivity index (χ4n) is 3.26. The number of fused-ring (bicyclic) bond motifs is 1. The van der Waals surface area contributed by atoms with Crippen molar-refractivity contribution in [2.24, 2.45) is 0 Å². The number of aromatic nitrogens is 2. The Balaban J connectivity index is 1.98. The summed E-state index contributed by atoms with van der Waals surface area (Å²) in [4.78, 5) is 14.3. The highest BCUT2D eigenvalue weighted by atomic mass is 32.1. The van der Waals surface area contributed by atoms with E-state index in [1.807, 2.05) is 6.92 Å². The van der Waals surface area contributed by atoms with Crippen LogP contribution < -0.4 is 10.2 Å². The molecule has 4 rings (SSSR count).